The van der Waals surface area contributed by atoms with Crippen molar-refractivity contribution in [2.45, 2.75) is 12.8 Å². The standard InChI is InChI=1S/C18H19N5O.2ClH/c1-4-16-17(20-7-1)21-13-22-18(16)23-10-2-3-14(11-23)12-24-15-5-8-19-9-6-15;;/h1,4-9,13-14H,2-3,10-12H2;2*1H. The van der Waals surface area contributed by atoms with Crippen LogP contribution in [0.15, 0.2) is 49.2 Å². The van der Waals surface area contributed by atoms with E-state index in [0.29, 0.717) is 12.5 Å². The largest absolute Gasteiger partial charge is 0.493 e. The van der Waals surface area contributed by atoms with Crippen LogP contribution in [-0.2, 0) is 0 Å². The number of hydrogen-bond acceptors (Lipinski definition) is 6. The van der Waals surface area contributed by atoms with Crippen molar-refractivity contribution in [2.24, 2.45) is 5.92 Å². The number of rotatable bonds is 4. The van der Waals surface area contributed by atoms with Gasteiger partial charge in [0.1, 0.15) is 17.9 Å². The second-order valence-corrected chi connectivity index (χ2v) is 6.02. The molecule has 0 saturated carbocycles. The topological polar surface area (TPSA) is 64.0 Å². The van der Waals surface area contributed by atoms with Crippen molar-refractivity contribution >= 4 is 41.7 Å². The molecule has 8 heteroatoms. The van der Waals surface area contributed by atoms with E-state index in [4.69, 9.17) is 4.74 Å². The predicted molar refractivity (Wildman–Crippen MR) is 106 cm³/mol. The lowest BCUT2D eigenvalue weighted by Gasteiger charge is -2.33. The molecule has 1 aliphatic heterocycles. The number of ether oxygens (including phenoxy) is 1. The van der Waals surface area contributed by atoms with Crippen LogP contribution in [0.4, 0.5) is 5.82 Å². The first-order valence-electron chi connectivity index (χ1n) is 8.23. The highest BCUT2D eigenvalue weighted by Gasteiger charge is 2.23. The van der Waals surface area contributed by atoms with E-state index in [1.54, 1.807) is 24.9 Å². The molecule has 0 N–H and O–H groups in total. The molecule has 6 nitrogen and oxygen atoms in total. The van der Waals surface area contributed by atoms with Crippen LogP contribution in [0.2, 0.25) is 0 Å². The Morgan fingerprint density at radius 1 is 1.04 bits per heavy atom. The molecule has 1 fully saturated rings. The lowest BCUT2D eigenvalue weighted by atomic mass is 9.99. The van der Waals surface area contributed by atoms with Gasteiger partial charge < -0.3 is 9.64 Å². The highest BCUT2D eigenvalue weighted by Crippen LogP contribution is 2.27. The fraction of sp³-hybridized carbons (Fsp3) is 0.333. The number of nitrogens with zero attached hydrogens (tertiary/aromatic N) is 5. The minimum Gasteiger partial charge on any atom is -0.493 e. The first-order chi connectivity index (χ1) is 11.9. The Morgan fingerprint density at radius 2 is 1.88 bits per heavy atom. The molecule has 26 heavy (non-hydrogen) atoms. The first-order valence-corrected chi connectivity index (χ1v) is 8.23. The first kappa shape index (κ1) is 20.1. The molecular formula is C18H21Cl2N5O. The van der Waals surface area contributed by atoms with Gasteiger partial charge in [-0.3, -0.25) is 4.98 Å². The molecular weight excluding hydrogens is 373 g/mol. The lowest BCUT2D eigenvalue weighted by molar-refractivity contribution is 0.228. The Balaban J connectivity index is 0.00000121. The minimum atomic E-state index is 0. The molecule has 0 bridgehead atoms. The van der Waals surface area contributed by atoms with Crippen molar-refractivity contribution in [1.82, 2.24) is 19.9 Å². The smallest absolute Gasteiger partial charge is 0.164 e. The molecule has 4 heterocycles. The third-order valence-electron chi connectivity index (χ3n) is 4.34. The molecule has 1 aliphatic rings. The van der Waals surface area contributed by atoms with Gasteiger partial charge in [0.05, 0.1) is 12.0 Å². The number of pyridine rings is 2. The monoisotopic (exact) mass is 393 g/mol. The summed E-state index contributed by atoms with van der Waals surface area (Å²) in [6, 6.07) is 7.76. The average molecular weight is 394 g/mol. The van der Waals surface area contributed by atoms with E-state index in [1.807, 2.05) is 24.3 Å². The molecule has 3 aromatic rings. The highest BCUT2D eigenvalue weighted by molar-refractivity contribution is 5.86. The molecule has 0 aliphatic carbocycles. The number of anilines is 1. The van der Waals surface area contributed by atoms with Crippen molar-refractivity contribution < 1.29 is 4.74 Å². The molecule has 0 radical (unpaired) electrons. The van der Waals surface area contributed by atoms with E-state index in [0.717, 1.165) is 42.1 Å². The molecule has 138 valence electrons. The van der Waals surface area contributed by atoms with Gasteiger partial charge in [-0.15, -0.1) is 24.8 Å². The summed E-state index contributed by atoms with van der Waals surface area (Å²) < 4.78 is 5.91. The number of hydrogen-bond donors (Lipinski definition) is 0. The van der Waals surface area contributed by atoms with Crippen molar-refractivity contribution in [3.63, 3.8) is 0 Å². The van der Waals surface area contributed by atoms with E-state index in [1.165, 1.54) is 6.42 Å². The number of piperidine rings is 1. The predicted octanol–water partition coefficient (Wildman–Crippen LogP) is 3.56. The van der Waals surface area contributed by atoms with Crippen molar-refractivity contribution in [2.75, 3.05) is 24.6 Å². The summed E-state index contributed by atoms with van der Waals surface area (Å²) >= 11 is 0. The SMILES string of the molecule is Cl.Cl.c1cnc2ncnc(N3CCCC(COc4ccncc4)C3)c2c1. The van der Waals surface area contributed by atoms with Gasteiger partial charge >= 0.3 is 0 Å². The summed E-state index contributed by atoms with van der Waals surface area (Å²) in [5, 5.41) is 1.01. The quantitative estimate of drug-likeness (QED) is 0.674. The Kier molecular flexibility index (Phi) is 7.36. The maximum absolute atomic E-state index is 5.91. The average Bonchev–Trinajstić information content (AvgIpc) is 2.67. The van der Waals surface area contributed by atoms with Crippen molar-refractivity contribution in [3.8, 4) is 5.75 Å². The summed E-state index contributed by atoms with van der Waals surface area (Å²) in [4.78, 5) is 19.4. The zero-order valence-electron chi connectivity index (χ0n) is 14.2. The van der Waals surface area contributed by atoms with Crippen LogP contribution in [0.3, 0.4) is 0 Å². The lowest BCUT2D eigenvalue weighted by Crippen LogP contribution is -2.38. The number of halogens is 2. The van der Waals surface area contributed by atoms with Gasteiger partial charge in [0.2, 0.25) is 0 Å². The van der Waals surface area contributed by atoms with Crippen LogP contribution in [0.5, 0.6) is 5.75 Å². The highest BCUT2D eigenvalue weighted by atomic mass is 35.5. The van der Waals surface area contributed by atoms with Gasteiger partial charge in [-0.2, -0.15) is 0 Å². The normalized spacial score (nSPS) is 16.5. The van der Waals surface area contributed by atoms with Crippen molar-refractivity contribution in [3.05, 3.63) is 49.2 Å². The van der Waals surface area contributed by atoms with Gasteiger partial charge in [0, 0.05) is 37.6 Å². The molecule has 3 aromatic heterocycles. The van der Waals surface area contributed by atoms with Crippen LogP contribution < -0.4 is 9.64 Å². The van der Waals surface area contributed by atoms with Crippen molar-refractivity contribution in [1.29, 1.82) is 0 Å². The Morgan fingerprint density at radius 3 is 2.73 bits per heavy atom. The fourth-order valence-corrected chi connectivity index (χ4v) is 3.18. The molecule has 1 unspecified atom stereocenters. The second kappa shape index (κ2) is 9.50. The van der Waals surface area contributed by atoms with Crippen LogP contribution in [0, 0.1) is 5.92 Å². The van der Waals surface area contributed by atoms with Crippen LogP contribution in [-0.4, -0.2) is 39.6 Å². The molecule has 0 aromatic carbocycles. The third kappa shape index (κ3) is 4.51. The zero-order valence-corrected chi connectivity index (χ0v) is 15.8. The number of fused-ring (bicyclic) bond motifs is 1. The Bertz CT molecular complexity index is 816. The number of aromatic nitrogens is 4. The van der Waals surface area contributed by atoms with E-state index in [2.05, 4.69) is 24.8 Å². The van der Waals surface area contributed by atoms with Gasteiger partial charge in [0.25, 0.3) is 0 Å². The Labute approximate surface area is 164 Å². The van der Waals surface area contributed by atoms with Crippen LogP contribution in [0.1, 0.15) is 12.8 Å². The third-order valence-corrected chi connectivity index (χ3v) is 4.34. The molecule has 4 rings (SSSR count). The maximum atomic E-state index is 5.91. The van der Waals surface area contributed by atoms with Gasteiger partial charge in [-0.1, -0.05) is 0 Å². The molecule has 1 saturated heterocycles. The molecule has 0 amide bonds. The van der Waals surface area contributed by atoms with Gasteiger partial charge in [0.15, 0.2) is 5.65 Å². The summed E-state index contributed by atoms with van der Waals surface area (Å²) in [5.74, 6) is 2.33. The maximum Gasteiger partial charge on any atom is 0.164 e. The minimum absolute atomic E-state index is 0. The summed E-state index contributed by atoms with van der Waals surface area (Å²) in [5.41, 5.74) is 0.748. The fourth-order valence-electron chi connectivity index (χ4n) is 3.18. The van der Waals surface area contributed by atoms with Crippen LogP contribution in [0.25, 0.3) is 11.0 Å². The van der Waals surface area contributed by atoms with Gasteiger partial charge in [-0.05, 0) is 37.1 Å². The molecule has 1 atom stereocenters. The summed E-state index contributed by atoms with van der Waals surface area (Å²) in [6.45, 7) is 2.65. The van der Waals surface area contributed by atoms with Crippen LogP contribution >= 0.6 is 24.8 Å². The van der Waals surface area contributed by atoms with E-state index in [9.17, 15) is 0 Å². The molecule has 0 spiro atoms. The zero-order chi connectivity index (χ0) is 16.2. The van der Waals surface area contributed by atoms with Gasteiger partial charge in [-0.25, -0.2) is 15.0 Å². The van der Waals surface area contributed by atoms with E-state index in [-0.39, 0.29) is 24.8 Å². The Hall–Kier alpha value is -2.18. The summed E-state index contributed by atoms with van der Waals surface area (Å²) in [7, 11) is 0. The second-order valence-electron chi connectivity index (χ2n) is 6.02. The van der Waals surface area contributed by atoms with E-state index >= 15 is 0 Å². The summed E-state index contributed by atoms with van der Waals surface area (Å²) in [6.07, 6.45) is 9.17. The van der Waals surface area contributed by atoms with E-state index < -0.39 is 0 Å².